The van der Waals surface area contributed by atoms with E-state index in [0.717, 1.165) is 0 Å². The van der Waals surface area contributed by atoms with Gasteiger partial charge in [-0.15, -0.1) is 0 Å². The van der Waals surface area contributed by atoms with Crippen molar-refractivity contribution in [2.24, 2.45) is 5.73 Å². The smallest absolute Gasteiger partial charge is 0.259 e. The Balaban J connectivity index is 0.000000980. The third-order valence-electron chi connectivity index (χ3n) is 2.18. The van der Waals surface area contributed by atoms with E-state index >= 15 is 0 Å². The Morgan fingerprint density at radius 1 is 1.50 bits per heavy atom. The second-order valence-electron chi connectivity index (χ2n) is 4.14. The van der Waals surface area contributed by atoms with Crippen molar-refractivity contribution in [2.45, 2.75) is 6.10 Å². The van der Waals surface area contributed by atoms with Crippen molar-refractivity contribution in [2.75, 3.05) is 20.6 Å². The Morgan fingerprint density at radius 3 is 2.41 bits per heavy atom. The fourth-order valence-electron chi connectivity index (χ4n) is 1.30. The fraction of sp³-hybridized carbons (Fsp3) is 0.333. The molecule has 0 radical (unpaired) electrons. The normalized spacial score (nSPS) is 10.7. The minimum Gasteiger partial charge on any atom is -0.487 e. The first-order valence-electron chi connectivity index (χ1n) is 5.87. The molecule has 0 saturated heterocycles. The second kappa shape index (κ2) is 10.1. The molecule has 7 nitrogen and oxygen atoms in total. The van der Waals surface area contributed by atoms with Gasteiger partial charge in [-0.05, 0) is 30.5 Å². The highest BCUT2D eigenvalue weighted by Gasteiger charge is 2.23. The zero-order valence-electron chi connectivity index (χ0n) is 11.9. The van der Waals surface area contributed by atoms with Gasteiger partial charge in [0.05, 0.1) is 0 Å². The maximum absolute atomic E-state index is 10.7. The molecule has 1 rings (SSSR count). The molecule has 0 saturated carbocycles. The lowest BCUT2D eigenvalue weighted by atomic mass is 10.1. The molecule has 1 aromatic rings. The van der Waals surface area contributed by atoms with Crippen LogP contribution in [0, 0.1) is 10.1 Å². The summed E-state index contributed by atoms with van der Waals surface area (Å²) in [6, 6.07) is 6.84. The second-order valence-corrected chi connectivity index (χ2v) is 5.32. The van der Waals surface area contributed by atoms with Crippen molar-refractivity contribution < 1.29 is 14.8 Å². The Hall–Kier alpha value is -1.71. The number of hydrogen-bond donors (Lipinski definition) is 2. The van der Waals surface area contributed by atoms with Crippen molar-refractivity contribution in [3.8, 4) is 0 Å². The van der Waals surface area contributed by atoms with Gasteiger partial charge in [0.25, 0.3) is 10.3 Å². The predicted molar refractivity (Wildman–Crippen MR) is 92.8 cm³/mol. The van der Waals surface area contributed by atoms with Crippen LogP contribution in [0.4, 0.5) is 0 Å². The molecule has 1 aromatic carbocycles. The average Bonchev–Trinajstić information content (AvgIpc) is 2.37. The first-order chi connectivity index (χ1) is 10.1. The van der Waals surface area contributed by atoms with E-state index in [1.54, 1.807) is 43.3 Å². The zero-order chi connectivity index (χ0) is 17.3. The van der Waals surface area contributed by atoms with Crippen LogP contribution in [0.2, 0.25) is 5.02 Å². The molecule has 0 bridgehead atoms. The lowest BCUT2D eigenvalue weighted by Gasteiger charge is -2.21. The summed E-state index contributed by atoms with van der Waals surface area (Å²) < 4.78 is 5.42. The van der Waals surface area contributed by atoms with E-state index in [9.17, 15) is 10.1 Å². The molecule has 0 aliphatic carbocycles. The summed E-state index contributed by atoms with van der Waals surface area (Å²) in [6.45, 7) is -0.391. The van der Waals surface area contributed by atoms with E-state index in [2.05, 4.69) is 18.0 Å². The quantitative estimate of drug-likeness (QED) is 0.476. The first kappa shape index (κ1) is 20.3. The van der Waals surface area contributed by atoms with Gasteiger partial charge in [0.1, 0.15) is 0 Å². The molecule has 0 aliphatic heterocycles. The van der Waals surface area contributed by atoms with Gasteiger partial charge in [-0.2, -0.15) is 0 Å². The van der Waals surface area contributed by atoms with Crippen LogP contribution in [0.15, 0.2) is 24.3 Å². The molecule has 122 valence electrons. The monoisotopic (exact) mass is 365 g/mol. The maximum atomic E-state index is 10.7. The van der Waals surface area contributed by atoms with E-state index < -0.39 is 22.7 Å². The van der Waals surface area contributed by atoms with Gasteiger partial charge in [0, 0.05) is 29.6 Å². The fourth-order valence-corrected chi connectivity index (χ4v) is 1.67. The highest BCUT2D eigenvalue weighted by Crippen LogP contribution is 2.26. The number of aliphatic hydroxyl groups excluding tert-OH is 1. The van der Waals surface area contributed by atoms with Gasteiger partial charge in [0.2, 0.25) is 6.54 Å². The van der Waals surface area contributed by atoms with Crippen LogP contribution in [0.3, 0.4) is 0 Å². The summed E-state index contributed by atoms with van der Waals surface area (Å²) in [5.74, 6) is 0. The first-order valence-corrected chi connectivity index (χ1v) is 7.07. The molecule has 1 unspecified atom stereocenters. The largest absolute Gasteiger partial charge is 0.487 e. The predicted octanol–water partition coefficient (Wildman–Crippen LogP) is 2.31. The molecule has 0 fully saturated rings. The SMILES string of the molecule is CN(C)C(=S)OC(C[N+](=O)[O-])c1ccccc1Cl.NC(O)=S. The molecule has 3 N–H and O–H groups in total. The summed E-state index contributed by atoms with van der Waals surface area (Å²) in [6.07, 6.45) is -0.788. The van der Waals surface area contributed by atoms with Crippen molar-refractivity contribution in [1.29, 1.82) is 0 Å². The number of aliphatic hydroxyl groups is 1. The van der Waals surface area contributed by atoms with Gasteiger partial charge in [-0.3, -0.25) is 10.1 Å². The summed E-state index contributed by atoms with van der Waals surface area (Å²) >= 11 is 14.9. The number of rotatable bonds is 4. The number of nitrogens with two attached hydrogens (primary N) is 1. The Labute approximate surface area is 143 Å². The van der Waals surface area contributed by atoms with Crippen LogP contribution in [0.5, 0.6) is 0 Å². The van der Waals surface area contributed by atoms with Crippen LogP contribution < -0.4 is 5.73 Å². The number of nitro groups is 1. The van der Waals surface area contributed by atoms with Gasteiger partial charge < -0.3 is 20.5 Å². The van der Waals surface area contributed by atoms with Crippen molar-refractivity contribution in [3.63, 3.8) is 0 Å². The van der Waals surface area contributed by atoms with Crippen LogP contribution in [-0.4, -0.2) is 45.9 Å². The highest BCUT2D eigenvalue weighted by molar-refractivity contribution is 7.80. The molecule has 22 heavy (non-hydrogen) atoms. The van der Waals surface area contributed by atoms with Gasteiger partial charge in [-0.1, -0.05) is 29.8 Å². The van der Waals surface area contributed by atoms with E-state index in [1.165, 1.54) is 0 Å². The summed E-state index contributed by atoms with van der Waals surface area (Å²) in [4.78, 5) is 11.8. The molecule has 10 heteroatoms. The number of thiocarbonyl (C=S) groups is 2. The molecule has 0 spiro atoms. The minimum absolute atomic E-state index is 0.182. The molecular weight excluding hydrogens is 350 g/mol. The van der Waals surface area contributed by atoms with E-state index in [-0.39, 0.29) is 5.17 Å². The number of hydrogen-bond acceptors (Lipinski definition) is 5. The summed E-state index contributed by atoms with van der Waals surface area (Å²) in [7, 11) is 3.41. The summed E-state index contributed by atoms with van der Waals surface area (Å²) in [5.41, 5.74) is 4.95. The van der Waals surface area contributed by atoms with Crippen molar-refractivity contribution >= 4 is 46.4 Å². The van der Waals surface area contributed by atoms with E-state index in [0.29, 0.717) is 10.6 Å². The van der Waals surface area contributed by atoms with E-state index in [1.807, 2.05) is 0 Å². The Bertz CT molecular complexity index is 539. The third-order valence-corrected chi connectivity index (χ3v) is 2.98. The lowest BCUT2D eigenvalue weighted by molar-refractivity contribution is -0.490. The Kier molecular flexibility index (Phi) is 9.31. The molecule has 1 atom stereocenters. The van der Waals surface area contributed by atoms with Crippen molar-refractivity contribution in [1.82, 2.24) is 4.90 Å². The van der Waals surface area contributed by atoms with Gasteiger partial charge in [-0.25, -0.2) is 0 Å². The molecule has 0 heterocycles. The molecule has 0 amide bonds. The standard InChI is InChI=1S/C11H13ClN2O3S.CH3NOS/c1-13(2)11(18)17-10(7-14(15)16)8-5-3-4-6-9(8)12;2-1(3)4/h3-6,10H,7H2,1-2H3;(H3,2,3,4). The van der Waals surface area contributed by atoms with Gasteiger partial charge >= 0.3 is 0 Å². The third kappa shape index (κ3) is 8.55. The highest BCUT2D eigenvalue weighted by atomic mass is 35.5. The Morgan fingerprint density at radius 2 is 2.00 bits per heavy atom. The van der Waals surface area contributed by atoms with Crippen LogP contribution >= 0.6 is 36.0 Å². The van der Waals surface area contributed by atoms with Crippen LogP contribution in [0.1, 0.15) is 11.7 Å². The van der Waals surface area contributed by atoms with Crippen LogP contribution in [-0.2, 0) is 4.74 Å². The number of halogens is 1. The number of ether oxygens (including phenoxy) is 1. The average molecular weight is 366 g/mol. The molecule has 0 aromatic heterocycles. The summed E-state index contributed by atoms with van der Waals surface area (Å²) in [5, 5.41) is 18.3. The zero-order valence-corrected chi connectivity index (χ0v) is 14.3. The number of benzene rings is 1. The van der Waals surface area contributed by atoms with Gasteiger partial charge in [0.15, 0.2) is 6.10 Å². The minimum atomic E-state index is -0.788. The molecular formula is C12H16ClN3O4S2. The maximum Gasteiger partial charge on any atom is 0.259 e. The van der Waals surface area contributed by atoms with Crippen molar-refractivity contribution in [3.05, 3.63) is 45.0 Å². The molecule has 0 aliphatic rings. The lowest BCUT2D eigenvalue weighted by Crippen LogP contribution is -2.27. The topological polar surface area (TPSA) is 102 Å². The number of nitrogens with zero attached hydrogens (tertiary/aromatic N) is 2. The van der Waals surface area contributed by atoms with Crippen LogP contribution in [0.25, 0.3) is 0 Å². The van der Waals surface area contributed by atoms with E-state index in [4.69, 9.17) is 33.7 Å².